The zero-order valence-corrected chi connectivity index (χ0v) is 8.73. The summed E-state index contributed by atoms with van der Waals surface area (Å²) in [5.41, 5.74) is 1.14. The molecule has 16 heavy (non-hydrogen) atoms. The second-order valence-corrected chi connectivity index (χ2v) is 4.05. The first kappa shape index (κ1) is 9.77. The number of carbonyl (C=O) groups excluding carboxylic acids is 1. The topological polar surface area (TPSA) is 65.2 Å². The number of nitrogens with one attached hydrogen (secondary N) is 4. The molecular formula is C11H14N4O. The van der Waals surface area contributed by atoms with E-state index in [4.69, 9.17) is 0 Å². The average Bonchev–Trinajstić information content (AvgIpc) is 2.76. The molecule has 5 nitrogen and oxygen atoms in total. The third-order valence-electron chi connectivity index (χ3n) is 3.03. The van der Waals surface area contributed by atoms with Gasteiger partial charge < -0.3 is 5.32 Å². The smallest absolute Gasteiger partial charge is 0.241 e. The normalized spacial score (nSPS) is 33.2. The first-order valence-electron chi connectivity index (χ1n) is 5.43. The Labute approximate surface area is 93.6 Å². The largest absolute Gasteiger partial charge is 0.342 e. The van der Waals surface area contributed by atoms with Crippen molar-refractivity contribution in [3.8, 4) is 0 Å². The molecule has 84 valence electrons. The summed E-state index contributed by atoms with van der Waals surface area (Å²) in [5.74, 6) is 0.0506. The van der Waals surface area contributed by atoms with Crippen LogP contribution in [0.4, 0.5) is 0 Å². The van der Waals surface area contributed by atoms with Crippen LogP contribution in [0.15, 0.2) is 30.3 Å². The van der Waals surface area contributed by atoms with Gasteiger partial charge in [0.25, 0.3) is 0 Å². The molecule has 0 aromatic heterocycles. The monoisotopic (exact) mass is 218 g/mol. The molecule has 1 amide bonds. The second kappa shape index (κ2) is 3.86. The van der Waals surface area contributed by atoms with Crippen molar-refractivity contribution in [2.75, 3.05) is 6.67 Å². The van der Waals surface area contributed by atoms with Crippen LogP contribution in [0.2, 0.25) is 0 Å². The Balaban J connectivity index is 1.79. The molecule has 4 N–H and O–H groups in total. The molecule has 0 aliphatic carbocycles. The Hall–Kier alpha value is -1.43. The van der Waals surface area contributed by atoms with Gasteiger partial charge >= 0.3 is 0 Å². The van der Waals surface area contributed by atoms with Crippen LogP contribution in [0.3, 0.4) is 0 Å². The molecule has 5 heteroatoms. The van der Waals surface area contributed by atoms with Crippen molar-refractivity contribution in [3.05, 3.63) is 35.9 Å². The van der Waals surface area contributed by atoms with Gasteiger partial charge in [0, 0.05) is 0 Å². The Kier molecular flexibility index (Phi) is 2.36. The summed E-state index contributed by atoms with van der Waals surface area (Å²) < 4.78 is 0. The minimum absolute atomic E-state index is 0.0129. The summed E-state index contributed by atoms with van der Waals surface area (Å²) in [7, 11) is 0. The van der Waals surface area contributed by atoms with Crippen molar-refractivity contribution < 1.29 is 4.79 Å². The van der Waals surface area contributed by atoms with Crippen LogP contribution >= 0.6 is 0 Å². The summed E-state index contributed by atoms with van der Waals surface area (Å²) in [6, 6.07) is 9.86. The molecule has 0 radical (unpaired) electrons. The van der Waals surface area contributed by atoms with E-state index in [-0.39, 0.29) is 24.3 Å². The molecule has 1 aromatic carbocycles. The lowest BCUT2D eigenvalue weighted by Crippen LogP contribution is -2.61. The summed E-state index contributed by atoms with van der Waals surface area (Å²) in [4.78, 5) is 11.6. The lowest BCUT2D eigenvalue weighted by molar-refractivity contribution is -0.124. The van der Waals surface area contributed by atoms with E-state index < -0.39 is 0 Å². The maximum Gasteiger partial charge on any atom is 0.241 e. The van der Waals surface area contributed by atoms with E-state index in [0.717, 1.165) is 5.56 Å². The van der Waals surface area contributed by atoms with E-state index in [2.05, 4.69) is 21.3 Å². The molecule has 3 atom stereocenters. The van der Waals surface area contributed by atoms with Gasteiger partial charge in [-0.25, -0.2) is 0 Å². The van der Waals surface area contributed by atoms with Crippen molar-refractivity contribution in [2.24, 2.45) is 0 Å². The summed E-state index contributed by atoms with van der Waals surface area (Å²) >= 11 is 0. The fraction of sp³-hybridized carbons (Fsp3) is 0.364. The fourth-order valence-corrected chi connectivity index (χ4v) is 2.20. The van der Waals surface area contributed by atoms with Crippen molar-refractivity contribution in [3.63, 3.8) is 0 Å². The SMILES string of the molecule is O=C1NCNC2NC(c3ccccc3)NC12. The predicted octanol–water partition coefficient (Wildman–Crippen LogP) is -0.750. The number of hydrogen-bond donors (Lipinski definition) is 4. The van der Waals surface area contributed by atoms with Crippen LogP contribution in [-0.2, 0) is 4.79 Å². The first-order valence-corrected chi connectivity index (χ1v) is 5.43. The molecule has 0 spiro atoms. The molecule has 2 saturated heterocycles. The van der Waals surface area contributed by atoms with Crippen LogP contribution in [-0.4, -0.2) is 24.8 Å². The minimum atomic E-state index is -0.195. The van der Waals surface area contributed by atoms with Gasteiger partial charge in [-0.05, 0) is 5.56 Å². The standard InChI is InChI=1S/C11H14N4O/c16-11-8-10(12-6-13-11)15-9(14-8)7-4-2-1-3-5-7/h1-5,8-10,12,14-15H,6H2,(H,13,16). The van der Waals surface area contributed by atoms with Crippen LogP contribution in [0, 0.1) is 0 Å². The van der Waals surface area contributed by atoms with Gasteiger partial charge in [-0.2, -0.15) is 0 Å². The highest BCUT2D eigenvalue weighted by molar-refractivity contribution is 5.83. The highest BCUT2D eigenvalue weighted by Crippen LogP contribution is 2.18. The molecule has 2 aliphatic rings. The van der Waals surface area contributed by atoms with E-state index >= 15 is 0 Å². The van der Waals surface area contributed by atoms with Gasteiger partial charge in [-0.1, -0.05) is 30.3 Å². The van der Waals surface area contributed by atoms with Gasteiger partial charge in [-0.15, -0.1) is 0 Å². The second-order valence-electron chi connectivity index (χ2n) is 4.05. The Morgan fingerprint density at radius 3 is 2.69 bits per heavy atom. The molecule has 1 aromatic rings. The molecule has 2 fully saturated rings. The highest BCUT2D eigenvalue weighted by Gasteiger charge is 2.40. The van der Waals surface area contributed by atoms with Crippen molar-refractivity contribution in [2.45, 2.75) is 18.4 Å². The Bertz CT molecular complexity index is 394. The number of amides is 1. The zero-order valence-electron chi connectivity index (χ0n) is 8.73. The van der Waals surface area contributed by atoms with E-state index in [0.29, 0.717) is 6.67 Å². The average molecular weight is 218 g/mol. The summed E-state index contributed by atoms with van der Waals surface area (Å²) in [6.07, 6.45) is 0.0477. The number of carbonyl (C=O) groups is 1. The molecular weight excluding hydrogens is 204 g/mol. The maximum atomic E-state index is 11.6. The van der Waals surface area contributed by atoms with Crippen LogP contribution in [0.1, 0.15) is 11.7 Å². The maximum absolute atomic E-state index is 11.6. The lowest BCUT2D eigenvalue weighted by Gasteiger charge is -2.25. The molecule has 2 heterocycles. The third kappa shape index (κ3) is 1.59. The summed E-state index contributed by atoms with van der Waals surface area (Å²) in [5, 5.41) is 12.6. The lowest BCUT2D eigenvalue weighted by atomic mass is 10.2. The van der Waals surface area contributed by atoms with Crippen LogP contribution < -0.4 is 21.3 Å². The number of benzene rings is 1. The van der Waals surface area contributed by atoms with Gasteiger partial charge in [0.05, 0.1) is 19.0 Å². The molecule has 3 rings (SSSR count). The molecule has 3 unspecified atom stereocenters. The molecule has 0 saturated carbocycles. The minimum Gasteiger partial charge on any atom is -0.342 e. The van der Waals surface area contributed by atoms with Gasteiger partial charge in [-0.3, -0.25) is 20.7 Å². The molecule has 0 bridgehead atoms. The number of fused-ring (bicyclic) bond motifs is 1. The van der Waals surface area contributed by atoms with E-state index in [1.807, 2.05) is 30.3 Å². The summed E-state index contributed by atoms with van der Waals surface area (Å²) in [6.45, 7) is 0.524. The Morgan fingerprint density at radius 1 is 1.12 bits per heavy atom. The number of rotatable bonds is 1. The fourth-order valence-electron chi connectivity index (χ4n) is 2.20. The van der Waals surface area contributed by atoms with Gasteiger partial charge in [0.1, 0.15) is 6.04 Å². The van der Waals surface area contributed by atoms with Crippen molar-refractivity contribution in [1.82, 2.24) is 21.3 Å². The highest BCUT2D eigenvalue weighted by atomic mass is 16.2. The van der Waals surface area contributed by atoms with Gasteiger partial charge in [0.15, 0.2) is 0 Å². The quantitative estimate of drug-likeness (QED) is 0.501. The van der Waals surface area contributed by atoms with Crippen molar-refractivity contribution in [1.29, 1.82) is 0 Å². The third-order valence-corrected chi connectivity index (χ3v) is 3.03. The first-order chi connectivity index (χ1) is 7.84. The van der Waals surface area contributed by atoms with Gasteiger partial charge in [0.2, 0.25) is 5.91 Å². The predicted molar refractivity (Wildman–Crippen MR) is 59.2 cm³/mol. The van der Waals surface area contributed by atoms with Crippen LogP contribution in [0.25, 0.3) is 0 Å². The van der Waals surface area contributed by atoms with E-state index in [1.165, 1.54) is 0 Å². The van der Waals surface area contributed by atoms with E-state index in [1.54, 1.807) is 0 Å². The number of hydrogen-bond acceptors (Lipinski definition) is 4. The van der Waals surface area contributed by atoms with Crippen molar-refractivity contribution >= 4 is 5.91 Å². The zero-order chi connectivity index (χ0) is 11.0. The van der Waals surface area contributed by atoms with Crippen LogP contribution in [0.5, 0.6) is 0 Å². The Morgan fingerprint density at radius 2 is 1.94 bits per heavy atom. The molecule has 2 aliphatic heterocycles. The van der Waals surface area contributed by atoms with E-state index in [9.17, 15) is 4.79 Å².